The first-order valence-corrected chi connectivity index (χ1v) is 8.71. The Morgan fingerprint density at radius 3 is 2.77 bits per heavy atom. The Morgan fingerprint density at radius 1 is 1.23 bits per heavy atom. The van der Waals surface area contributed by atoms with Crippen molar-refractivity contribution < 1.29 is 4.79 Å². The molecule has 1 unspecified atom stereocenters. The lowest BCUT2D eigenvalue weighted by atomic mass is 10.3. The lowest BCUT2D eigenvalue weighted by Crippen LogP contribution is -2.22. The molecule has 0 saturated carbocycles. The molecule has 1 aromatic heterocycles. The summed E-state index contributed by atoms with van der Waals surface area (Å²) in [6.45, 7) is 3.91. The van der Waals surface area contributed by atoms with Crippen LogP contribution in [0.15, 0.2) is 53.4 Å². The van der Waals surface area contributed by atoms with E-state index in [1.165, 1.54) is 0 Å². The molecule has 3 rings (SSSR count). The number of carbonyl (C=O) groups is 1. The molecule has 22 heavy (non-hydrogen) atoms. The molecular formula is C17H16N2OS2. The lowest BCUT2D eigenvalue weighted by molar-refractivity contribution is -0.115. The summed E-state index contributed by atoms with van der Waals surface area (Å²) in [4.78, 5) is 17.8. The van der Waals surface area contributed by atoms with Gasteiger partial charge in [-0.2, -0.15) is 0 Å². The number of hydrogen-bond donors (Lipinski definition) is 1. The van der Waals surface area contributed by atoms with Crippen molar-refractivity contribution in [1.82, 2.24) is 4.98 Å². The van der Waals surface area contributed by atoms with Crippen molar-refractivity contribution in [3.63, 3.8) is 0 Å². The Hall–Kier alpha value is -1.85. The molecule has 0 saturated heterocycles. The van der Waals surface area contributed by atoms with Crippen LogP contribution >= 0.6 is 23.1 Å². The monoisotopic (exact) mass is 328 g/mol. The quantitative estimate of drug-likeness (QED) is 0.704. The topological polar surface area (TPSA) is 42.0 Å². The molecule has 0 bridgehead atoms. The van der Waals surface area contributed by atoms with E-state index in [-0.39, 0.29) is 11.2 Å². The maximum atomic E-state index is 12.3. The molecule has 0 aliphatic carbocycles. The summed E-state index contributed by atoms with van der Waals surface area (Å²) in [6, 6.07) is 15.8. The predicted octanol–water partition coefficient (Wildman–Crippen LogP) is 4.72. The largest absolute Gasteiger partial charge is 0.325 e. The summed E-state index contributed by atoms with van der Waals surface area (Å²) in [6.07, 6.45) is 0. The number of aryl methyl sites for hydroxylation is 1. The van der Waals surface area contributed by atoms with Gasteiger partial charge in [0.05, 0.1) is 20.5 Å². The summed E-state index contributed by atoms with van der Waals surface area (Å²) >= 11 is 3.19. The number of thiazole rings is 1. The number of rotatable bonds is 4. The van der Waals surface area contributed by atoms with Crippen molar-refractivity contribution >= 4 is 44.9 Å². The number of nitrogens with zero attached hydrogens (tertiary/aromatic N) is 1. The van der Waals surface area contributed by atoms with Crippen LogP contribution < -0.4 is 5.32 Å². The average molecular weight is 328 g/mol. The van der Waals surface area contributed by atoms with E-state index in [2.05, 4.69) is 10.3 Å². The van der Waals surface area contributed by atoms with Crippen LogP contribution in [0.25, 0.3) is 10.2 Å². The van der Waals surface area contributed by atoms with E-state index in [1.54, 1.807) is 23.1 Å². The first-order valence-electron chi connectivity index (χ1n) is 7.01. The van der Waals surface area contributed by atoms with E-state index >= 15 is 0 Å². The number of carbonyl (C=O) groups excluding carboxylic acids is 1. The van der Waals surface area contributed by atoms with Crippen LogP contribution in [0.5, 0.6) is 0 Å². The number of thioether (sulfide) groups is 1. The molecule has 2 aromatic carbocycles. The molecule has 3 aromatic rings. The van der Waals surface area contributed by atoms with Crippen molar-refractivity contribution in [3.05, 3.63) is 53.5 Å². The first-order chi connectivity index (χ1) is 10.6. The zero-order valence-electron chi connectivity index (χ0n) is 12.4. The van der Waals surface area contributed by atoms with Crippen LogP contribution in [-0.2, 0) is 4.79 Å². The molecule has 1 heterocycles. The molecule has 1 atom stereocenters. The van der Waals surface area contributed by atoms with Crippen molar-refractivity contribution in [2.45, 2.75) is 24.0 Å². The first kappa shape index (κ1) is 15.1. The van der Waals surface area contributed by atoms with E-state index < -0.39 is 0 Å². The standard InChI is InChI=1S/C17H16N2OS2/c1-11(21-14-6-4-3-5-7-14)17(20)19-13-8-9-15-16(10-13)22-12(2)18-15/h3-11H,1-2H3,(H,19,20). The van der Waals surface area contributed by atoms with Crippen LogP contribution in [0.1, 0.15) is 11.9 Å². The van der Waals surface area contributed by atoms with Crippen molar-refractivity contribution in [2.24, 2.45) is 0 Å². The molecule has 1 N–H and O–H groups in total. The normalized spacial score (nSPS) is 12.3. The van der Waals surface area contributed by atoms with E-state index in [0.29, 0.717) is 0 Å². The fraction of sp³-hybridized carbons (Fsp3) is 0.176. The van der Waals surface area contributed by atoms with E-state index in [1.807, 2.05) is 62.4 Å². The number of hydrogen-bond acceptors (Lipinski definition) is 4. The zero-order valence-corrected chi connectivity index (χ0v) is 14.0. The maximum Gasteiger partial charge on any atom is 0.237 e. The molecular weight excluding hydrogens is 312 g/mol. The lowest BCUT2D eigenvalue weighted by Gasteiger charge is -2.12. The molecule has 0 aliphatic rings. The van der Waals surface area contributed by atoms with Crippen molar-refractivity contribution in [3.8, 4) is 0 Å². The van der Waals surface area contributed by atoms with Crippen LogP contribution in [-0.4, -0.2) is 16.1 Å². The highest BCUT2D eigenvalue weighted by atomic mass is 32.2. The second-order valence-electron chi connectivity index (χ2n) is 4.98. The number of benzene rings is 2. The van der Waals surface area contributed by atoms with Crippen LogP contribution in [0.2, 0.25) is 0 Å². The van der Waals surface area contributed by atoms with Gasteiger partial charge in [0.1, 0.15) is 0 Å². The highest BCUT2D eigenvalue weighted by Gasteiger charge is 2.14. The molecule has 1 amide bonds. The molecule has 0 fully saturated rings. The van der Waals surface area contributed by atoms with Crippen LogP contribution in [0.4, 0.5) is 5.69 Å². The third kappa shape index (κ3) is 3.48. The summed E-state index contributed by atoms with van der Waals surface area (Å²) in [7, 11) is 0. The third-order valence-electron chi connectivity index (χ3n) is 3.19. The zero-order chi connectivity index (χ0) is 15.5. The fourth-order valence-electron chi connectivity index (χ4n) is 2.12. The Bertz CT molecular complexity index is 799. The second kappa shape index (κ2) is 6.50. The summed E-state index contributed by atoms with van der Waals surface area (Å²) in [5.41, 5.74) is 1.80. The van der Waals surface area contributed by atoms with E-state index in [9.17, 15) is 4.79 Å². The molecule has 112 valence electrons. The van der Waals surface area contributed by atoms with E-state index in [0.717, 1.165) is 25.8 Å². The number of nitrogens with one attached hydrogen (secondary N) is 1. The number of amides is 1. The Morgan fingerprint density at radius 2 is 2.00 bits per heavy atom. The van der Waals surface area contributed by atoms with Gasteiger partial charge in [-0.3, -0.25) is 4.79 Å². The van der Waals surface area contributed by atoms with E-state index in [4.69, 9.17) is 0 Å². The van der Waals surface area contributed by atoms with Gasteiger partial charge in [-0.15, -0.1) is 23.1 Å². The van der Waals surface area contributed by atoms with Gasteiger partial charge in [-0.1, -0.05) is 18.2 Å². The van der Waals surface area contributed by atoms with Gasteiger partial charge in [0.25, 0.3) is 0 Å². The van der Waals surface area contributed by atoms with Gasteiger partial charge in [0, 0.05) is 10.6 Å². The average Bonchev–Trinajstić information content (AvgIpc) is 2.87. The highest BCUT2D eigenvalue weighted by Crippen LogP contribution is 2.26. The highest BCUT2D eigenvalue weighted by molar-refractivity contribution is 8.00. The second-order valence-corrected chi connectivity index (χ2v) is 7.63. The number of fused-ring (bicyclic) bond motifs is 1. The molecule has 0 aliphatic heterocycles. The van der Waals surface area contributed by atoms with Gasteiger partial charge >= 0.3 is 0 Å². The van der Waals surface area contributed by atoms with Crippen molar-refractivity contribution in [2.75, 3.05) is 5.32 Å². The van der Waals surface area contributed by atoms with Gasteiger partial charge in [-0.25, -0.2) is 4.98 Å². The SMILES string of the molecule is Cc1nc2ccc(NC(=O)C(C)Sc3ccccc3)cc2s1. The maximum absolute atomic E-state index is 12.3. The summed E-state index contributed by atoms with van der Waals surface area (Å²) < 4.78 is 1.10. The van der Waals surface area contributed by atoms with Crippen molar-refractivity contribution in [1.29, 1.82) is 0 Å². The van der Waals surface area contributed by atoms with Gasteiger partial charge in [0.2, 0.25) is 5.91 Å². The van der Waals surface area contributed by atoms with Gasteiger partial charge in [0.15, 0.2) is 0 Å². The Labute approximate surface area is 137 Å². The van der Waals surface area contributed by atoms with Crippen LogP contribution in [0, 0.1) is 6.92 Å². The minimum absolute atomic E-state index is 0.00874. The molecule has 0 spiro atoms. The molecule has 0 radical (unpaired) electrons. The third-order valence-corrected chi connectivity index (χ3v) is 5.23. The number of anilines is 1. The summed E-state index contributed by atoms with van der Waals surface area (Å²) in [5, 5.41) is 3.86. The van der Waals surface area contributed by atoms with Crippen LogP contribution in [0.3, 0.4) is 0 Å². The van der Waals surface area contributed by atoms with Gasteiger partial charge in [-0.05, 0) is 44.2 Å². The van der Waals surface area contributed by atoms with Gasteiger partial charge < -0.3 is 5.32 Å². The summed E-state index contributed by atoms with van der Waals surface area (Å²) in [5.74, 6) is 0.00874. The molecule has 3 nitrogen and oxygen atoms in total. The smallest absolute Gasteiger partial charge is 0.237 e. The fourth-order valence-corrected chi connectivity index (χ4v) is 3.87. The predicted molar refractivity (Wildman–Crippen MR) is 94.7 cm³/mol. The molecule has 5 heteroatoms. The minimum Gasteiger partial charge on any atom is -0.325 e. The number of aromatic nitrogens is 1. The Kier molecular flexibility index (Phi) is 4.45. The Balaban J connectivity index is 1.69. The minimum atomic E-state index is -0.152.